The summed E-state index contributed by atoms with van der Waals surface area (Å²) in [6, 6.07) is 9.12. The second-order valence-corrected chi connectivity index (χ2v) is 9.85. The van der Waals surface area contributed by atoms with Gasteiger partial charge in [0.15, 0.2) is 0 Å². The third-order valence-corrected chi connectivity index (χ3v) is 7.78. The third-order valence-electron chi connectivity index (χ3n) is 6.41. The molecule has 146 valence electrons. The molecule has 1 aliphatic rings. The van der Waals surface area contributed by atoms with Gasteiger partial charge >= 0.3 is 0 Å². The Bertz CT molecular complexity index is 1050. The van der Waals surface area contributed by atoms with Crippen molar-refractivity contribution in [3.8, 4) is 0 Å². The number of hydrogen-bond donors (Lipinski definition) is 1. The molecule has 1 atom stereocenters. The monoisotopic (exact) mass is 412 g/mol. The zero-order chi connectivity index (χ0) is 20.1. The molecule has 0 saturated carbocycles. The predicted octanol–water partition coefficient (Wildman–Crippen LogP) is 6.30. The van der Waals surface area contributed by atoms with Crippen molar-refractivity contribution in [3.05, 3.63) is 57.1 Å². The van der Waals surface area contributed by atoms with Gasteiger partial charge in [-0.05, 0) is 66.5 Å². The van der Waals surface area contributed by atoms with Crippen LogP contribution in [0.5, 0.6) is 0 Å². The number of hydrogen-bond acceptors (Lipinski definition) is 4. The number of carbonyl (C=O) groups excluding carboxylic acids is 1. The number of halogens is 1. The van der Waals surface area contributed by atoms with Gasteiger partial charge in [-0.25, -0.2) is 4.98 Å². The summed E-state index contributed by atoms with van der Waals surface area (Å²) in [5.41, 5.74) is 10.3. The first-order chi connectivity index (χ1) is 13.3. The Kier molecular flexibility index (Phi) is 4.96. The van der Waals surface area contributed by atoms with E-state index in [0.717, 1.165) is 23.1 Å². The SMILES string of the molecule is CCC(C)(C)C1CCc2nc3sc(C(=O)c4ccc(Cl)cc4)c(N)c3cc2C1. The molecule has 5 heteroatoms. The molecule has 2 heterocycles. The number of nitrogens with zero attached hydrogens (tertiary/aromatic N) is 1. The summed E-state index contributed by atoms with van der Waals surface area (Å²) in [6.45, 7) is 6.98. The van der Waals surface area contributed by atoms with Crippen LogP contribution in [0.25, 0.3) is 10.2 Å². The number of benzene rings is 1. The van der Waals surface area contributed by atoms with Gasteiger partial charge in [0.2, 0.25) is 5.78 Å². The topological polar surface area (TPSA) is 56.0 Å². The molecule has 0 fully saturated rings. The molecule has 0 aliphatic heterocycles. The molecule has 0 saturated heterocycles. The highest BCUT2D eigenvalue weighted by Gasteiger charge is 2.32. The lowest BCUT2D eigenvalue weighted by Crippen LogP contribution is -2.29. The van der Waals surface area contributed by atoms with Gasteiger partial charge < -0.3 is 5.73 Å². The first-order valence-corrected chi connectivity index (χ1v) is 11.0. The number of nitrogen functional groups attached to an aromatic ring is 1. The highest BCUT2D eigenvalue weighted by atomic mass is 35.5. The number of rotatable bonds is 4. The van der Waals surface area contributed by atoms with Gasteiger partial charge in [-0.2, -0.15) is 0 Å². The van der Waals surface area contributed by atoms with E-state index < -0.39 is 0 Å². The van der Waals surface area contributed by atoms with E-state index in [1.807, 2.05) is 0 Å². The van der Waals surface area contributed by atoms with E-state index in [2.05, 4.69) is 26.8 Å². The van der Waals surface area contributed by atoms with Crippen molar-refractivity contribution in [1.82, 2.24) is 4.98 Å². The zero-order valence-electron chi connectivity index (χ0n) is 16.5. The first kappa shape index (κ1) is 19.4. The highest BCUT2D eigenvalue weighted by Crippen LogP contribution is 2.42. The van der Waals surface area contributed by atoms with Crippen LogP contribution in [0, 0.1) is 11.3 Å². The standard InChI is InChI=1S/C23H25ClN2OS/c1-4-23(2,3)15-7-10-18-14(11-15)12-17-19(25)21(28-22(17)26-18)20(27)13-5-8-16(24)9-6-13/h5-6,8-9,12,15H,4,7,10-11,25H2,1-3H3. The number of ketones is 1. The quantitative estimate of drug-likeness (QED) is 0.511. The summed E-state index contributed by atoms with van der Waals surface area (Å²) in [5.74, 6) is 0.583. The van der Waals surface area contributed by atoms with Crippen LogP contribution < -0.4 is 5.73 Å². The minimum Gasteiger partial charge on any atom is -0.397 e. The fourth-order valence-electron chi connectivity index (χ4n) is 4.05. The smallest absolute Gasteiger partial charge is 0.205 e. The van der Waals surface area contributed by atoms with Crippen molar-refractivity contribution in [2.24, 2.45) is 11.3 Å². The fraction of sp³-hybridized carbons (Fsp3) is 0.391. The summed E-state index contributed by atoms with van der Waals surface area (Å²) < 4.78 is 0. The first-order valence-electron chi connectivity index (χ1n) is 9.81. The van der Waals surface area contributed by atoms with E-state index in [-0.39, 0.29) is 5.78 Å². The maximum atomic E-state index is 13.0. The van der Waals surface area contributed by atoms with Crippen LogP contribution in [0.1, 0.15) is 60.1 Å². The molecular weight excluding hydrogens is 388 g/mol. The second-order valence-electron chi connectivity index (χ2n) is 8.41. The minimum absolute atomic E-state index is 0.0693. The number of nitrogens with two attached hydrogens (primary N) is 1. The van der Waals surface area contributed by atoms with Crippen molar-refractivity contribution in [2.45, 2.75) is 46.5 Å². The van der Waals surface area contributed by atoms with Crippen LogP contribution in [-0.2, 0) is 12.8 Å². The molecule has 0 spiro atoms. The molecule has 1 unspecified atom stereocenters. The Balaban J connectivity index is 1.73. The summed E-state index contributed by atoms with van der Waals surface area (Å²) in [6.07, 6.45) is 4.37. The molecule has 0 amide bonds. The van der Waals surface area contributed by atoms with Crippen molar-refractivity contribution >= 4 is 44.6 Å². The van der Waals surface area contributed by atoms with Gasteiger partial charge in [0.1, 0.15) is 9.71 Å². The fourth-order valence-corrected chi connectivity index (χ4v) is 5.23. The Morgan fingerprint density at radius 1 is 1.32 bits per heavy atom. The van der Waals surface area contributed by atoms with E-state index in [0.29, 0.717) is 32.5 Å². The summed E-state index contributed by atoms with van der Waals surface area (Å²) >= 11 is 7.34. The van der Waals surface area contributed by atoms with Crippen LogP contribution >= 0.6 is 22.9 Å². The normalized spacial score (nSPS) is 16.9. The van der Waals surface area contributed by atoms with Gasteiger partial charge in [0.25, 0.3) is 0 Å². The summed E-state index contributed by atoms with van der Waals surface area (Å²) in [4.78, 5) is 19.3. The molecule has 3 nitrogen and oxygen atoms in total. The Hall–Kier alpha value is -1.91. The number of fused-ring (bicyclic) bond motifs is 2. The van der Waals surface area contributed by atoms with E-state index >= 15 is 0 Å². The molecule has 2 aromatic heterocycles. The van der Waals surface area contributed by atoms with Crippen molar-refractivity contribution in [1.29, 1.82) is 0 Å². The maximum Gasteiger partial charge on any atom is 0.205 e. The third kappa shape index (κ3) is 3.33. The van der Waals surface area contributed by atoms with Gasteiger partial charge in [0.05, 0.1) is 5.69 Å². The number of anilines is 1. The van der Waals surface area contributed by atoms with Crippen LogP contribution in [0.4, 0.5) is 5.69 Å². The van der Waals surface area contributed by atoms with Crippen molar-refractivity contribution < 1.29 is 4.79 Å². The number of carbonyl (C=O) groups is 1. The van der Waals surface area contributed by atoms with Gasteiger partial charge in [0, 0.05) is 21.7 Å². The second kappa shape index (κ2) is 7.16. The predicted molar refractivity (Wildman–Crippen MR) is 119 cm³/mol. The molecule has 4 rings (SSSR count). The largest absolute Gasteiger partial charge is 0.397 e. The molecule has 3 aromatic rings. The van der Waals surface area contributed by atoms with E-state index in [4.69, 9.17) is 22.3 Å². The molecule has 2 N–H and O–H groups in total. The number of aryl methyl sites for hydroxylation is 1. The number of aromatic nitrogens is 1. The van der Waals surface area contributed by atoms with E-state index in [1.165, 1.54) is 35.4 Å². The van der Waals surface area contributed by atoms with Gasteiger partial charge in [-0.1, -0.05) is 38.8 Å². The van der Waals surface area contributed by atoms with Crippen LogP contribution in [0.15, 0.2) is 30.3 Å². The minimum atomic E-state index is -0.0693. The van der Waals surface area contributed by atoms with E-state index in [1.54, 1.807) is 24.3 Å². The molecule has 0 radical (unpaired) electrons. The maximum absolute atomic E-state index is 13.0. The molecule has 28 heavy (non-hydrogen) atoms. The van der Waals surface area contributed by atoms with E-state index in [9.17, 15) is 4.79 Å². The van der Waals surface area contributed by atoms with Crippen LogP contribution in [-0.4, -0.2) is 10.8 Å². The molecule has 1 aliphatic carbocycles. The Morgan fingerprint density at radius 2 is 2.04 bits per heavy atom. The molecule has 0 bridgehead atoms. The average molecular weight is 413 g/mol. The van der Waals surface area contributed by atoms with Crippen molar-refractivity contribution in [2.75, 3.05) is 5.73 Å². The molecular formula is C23H25ClN2OS. The lowest BCUT2D eigenvalue weighted by atomic mass is 9.69. The zero-order valence-corrected chi connectivity index (χ0v) is 18.1. The number of thiophene rings is 1. The lowest BCUT2D eigenvalue weighted by molar-refractivity contribution is 0.104. The molecule has 1 aromatic carbocycles. The summed E-state index contributed by atoms with van der Waals surface area (Å²) in [7, 11) is 0. The Labute approximate surface area is 174 Å². The van der Waals surface area contributed by atoms with Gasteiger partial charge in [-0.15, -0.1) is 11.3 Å². The summed E-state index contributed by atoms with van der Waals surface area (Å²) in [5, 5.41) is 1.52. The Morgan fingerprint density at radius 3 is 2.71 bits per heavy atom. The van der Waals surface area contributed by atoms with Crippen LogP contribution in [0.3, 0.4) is 0 Å². The number of pyridine rings is 1. The lowest BCUT2D eigenvalue weighted by Gasteiger charge is -2.36. The average Bonchev–Trinajstić information content (AvgIpc) is 3.01. The van der Waals surface area contributed by atoms with Crippen molar-refractivity contribution in [3.63, 3.8) is 0 Å². The highest BCUT2D eigenvalue weighted by molar-refractivity contribution is 7.21. The van der Waals surface area contributed by atoms with Gasteiger partial charge in [-0.3, -0.25) is 4.79 Å². The van der Waals surface area contributed by atoms with Crippen LogP contribution in [0.2, 0.25) is 5.02 Å².